The second kappa shape index (κ2) is 7.57. The molecule has 5 heterocycles. The van der Waals surface area contributed by atoms with E-state index in [4.69, 9.17) is 4.74 Å². The lowest BCUT2D eigenvalue weighted by atomic mass is 10.0. The van der Waals surface area contributed by atoms with Gasteiger partial charge >= 0.3 is 0 Å². The third-order valence-electron chi connectivity index (χ3n) is 5.71. The molecule has 2 aliphatic heterocycles. The molecule has 0 unspecified atom stereocenters. The van der Waals surface area contributed by atoms with Gasteiger partial charge in [0, 0.05) is 43.2 Å². The molecule has 0 saturated carbocycles. The maximum atomic E-state index is 11.8. The molecular formula is C22H20N8O2. The van der Waals surface area contributed by atoms with Gasteiger partial charge in [-0.2, -0.15) is 0 Å². The van der Waals surface area contributed by atoms with E-state index in [1.165, 1.54) is 0 Å². The Kier molecular flexibility index (Phi) is 4.43. The molecule has 2 N–H and O–H groups in total. The van der Waals surface area contributed by atoms with Gasteiger partial charge in [0.2, 0.25) is 5.95 Å². The Morgan fingerprint density at radius 2 is 1.88 bits per heavy atom. The SMILES string of the molecule is O=C1NCc2cc(-c3cnc(Nc4cnc(N5CCOCC5)nc4)c4nccn34)ccc21. The number of imidazole rings is 1. The molecule has 0 radical (unpaired) electrons. The van der Waals surface area contributed by atoms with Gasteiger partial charge in [-0.3, -0.25) is 9.20 Å². The highest BCUT2D eigenvalue weighted by Crippen LogP contribution is 2.28. The van der Waals surface area contributed by atoms with Crippen LogP contribution < -0.4 is 15.5 Å². The zero-order chi connectivity index (χ0) is 21.5. The van der Waals surface area contributed by atoms with Crippen molar-refractivity contribution >= 4 is 29.0 Å². The molecule has 1 fully saturated rings. The van der Waals surface area contributed by atoms with Crippen LogP contribution in [-0.4, -0.2) is 56.5 Å². The number of hydrogen-bond acceptors (Lipinski definition) is 8. The first-order chi connectivity index (χ1) is 15.8. The summed E-state index contributed by atoms with van der Waals surface area (Å²) in [6, 6.07) is 5.82. The van der Waals surface area contributed by atoms with Crippen LogP contribution in [-0.2, 0) is 11.3 Å². The third kappa shape index (κ3) is 3.21. The van der Waals surface area contributed by atoms with Gasteiger partial charge < -0.3 is 20.3 Å². The van der Waals surface area contributed by atoms with E-state index in [2.05, 4.69) is 35.5 Å². The highest BCUT2D eigenvalue weighted by Gasteiger charge is 2.20. The molecule has 1 saturated heterocycles. The van der Waals surface area contributed by atoms with Gasteiger partial charge in [-0.15, -0.1) is 0 Å². The molecule has 1 amide bonds. The van der Waals surface area contributed by atoms with Crippen LogP contribution in [0.25, 0.3) is 16.9 Å². The summed E-state index contributed by atoms with van der Waals surface area (Å²) in [7, 11) is 0. The highest BCUT2D eigenvalue weighted by atomic mass is 16.5. The molecule has 10 heteroatoms. The van der Waals surface area contributed by atoms with Gasteiger partial charge in [0.15, 0.2) is 11.5 Å². The molecule has 0 atom stereocenters. The second-order valence-corrected chi connectivity index (χ2v) is 7.66. The molecule has 10 nitrogen and oxygen atoms in total. The lowest BCUT2D eigenvalue weighted by molar-refractivity contribution is 0.0965. The number of aromatic nitrogens is 5. The first-order valence-electron chi connectivity index (χ1n) is 10.4. The van der Waals surface area contributed by atoms with Crippen LogP contribution >= 0.6 is 0 Å². The average molecular weight is 428 g/mol. The number of fused-ring (bicyclic) bond motifs is 2. The normalized spacial score (nSPS) is 15.6. The van der Waals surface area contributed by atoms with Crippen LogP contribution in [0.5, 0.6) is 0 Å². The molecule has 1 aromatic carbocycles. The summed E-state index contributed by atoms with van der Waals surface area (Å²) in [6.07, 6.45) is 8.93. The number of rotatable bonds is 4. The molecule has 0 spiro atoms. The Balaban J connectivity index is 1.29. The number of anilines is 3. The third-order valence-corrected chi connectivity index (χ3v) is 5.71. The molecular weight excluding hydrogens is 408 g/mol. The first kappa shape index (κ1) is 18.7. The van der Waals surface area contributed by atoms with E-state index in [0.29, 0.717) is 37.2 Å². The molecule has 160 valence electrons. The molecule has 32 heavy (non-hydrogen) atoms. The smallest absolute Gasteiger partial charge is 0.251 e. The fourth-order valence-electron chi connectivity index (χ4n) is 4.06. The second-order valence-electron chi connectivity index (χ2n) is 7.66. The van der Waals surface area contributed by atoms with Crippen molar-refractivity contribution in [3.05, 3.63) is 60.3 Å². The maximum Gasteiger partial charge on any atom is 0.251 e. The number of ether oxygens (including phenoxy) is 1. The van der Waals surface area contributed by atoms with Crippen molar-refractivity contribution in [1.82, 2.24) is 29.7 Å². The van der Waals surface area contributed by atoms with E-state index >= 15 is 0 Å². The molecule has 2 aliphatic rings. The quantitative estimate of drug-likeness (QED) is 0.508. The summed E-state index contributed by atoms with van der Waals surface area (Å²) in [6.45, 7) is 3.50. The summed E-state index contributed by atoms with van der Waals surface area (Å²) >= 11 is 0. The Morgan fingerprint density at radius 1 is 1.03 bits per heavy atom. The minimum atomic E-state index is -0.0288. The van der Waals surface area contributed by atoms with Crippen LogP contribution in [0.4, 0.5) is 17.5 Å². The summed E-state index contributed by atoms with van der Waals surface area (Å²) in [5, 5.41) is 6.12. The predicted molar refractivity (Wildman–Crippen MR) is 118 cm³/mol. The lowest BCUT2D eigenvalue weighted by Crippen LogP contribution is -2.37. The van der Waals surface area contributed by atoms with Crippen LogP contribution in [0.2, 0.25) is 0 Å². The predicted octanol–water partition coefficient (Wildman–Crippen LogP) is 2.01. The van der Waals surface area contributed by atoms with E-state index in [-0.39, 0.29) is 5.91 Å². The number of nitrogens with one attached hydrogen (secondary N) is 2. The van der Waals surface area contributed by atoms with Gasteiger partial charge in [-0.1, -0.05) is 6.07 Å². The van der Waals surface area contributed by atoms with Crippen LogP contribution in [0.15, 0.2) is 49.2 Å². The number of nitrogens with zero attached hydrogens (tertiary/aromatic N) is 6. The average Bonchev–Trinajstić information content (AvgIpc) is 3.48. The minimum absolute atomic E-state index is 0.0288. The number of benzene rings is 1. The lowest BCUT2D eigenvalue weighted by Gasteiger charge is -2.26. The number of hydrogen-bond donors (Lipinski definition) is 2. The van der Waals surface area contributed by atoms with Gasteiger partial charge in [0.1, 0.15) is 0 Å². The van der Waals surface area contributed by atoms with Gasteiger partial charge in [0.25, 0.3) is 5.91 Å². The van der Waals surface area contributed by atoms with Gasteiger partial charge in [-0.05, 0) is 17.7 Å². The maximum absolute atomic E-state index is 11.8. The van der Waals surface area contributed by atoms with Crippen molar-refractivity contribution in [1.29, 1.82) is 0 Å². The Bertz CT molecular complexity index is 1310. The topological polar surface area (TPSA) is 110 Å². The number of amides is 1. The molecule has 6 rings (SSSR count). The van der Waals surface area contributed by atoms with Crippen molar-refractivity contribution in [3.63, 3.8) is 0 Å². The summed E-state index contributed by atoms with van der Waals surface area (Å²) in [5.74, 6) is 1.27. The van der Waals surface area contributed by atoms with Gasteiger partial charge in [-0.25, -0.2) is 19.9 Å². The zero-order valence-electron chi connectivity index (χ0n) is 17.2. The number of morpholine rings is 1. The Morgan fingerprint density at radius 3 is 2.72 bits per heavy atom. The molecule has 4 aromatic rings. The molecule has 0 bridgehead atoms. The minimum Gasteiger partial charge on any atom is -0.378 e. The summed E-state index contributed by atoms with van der Waals surface area (Å²) in [5.41, 5.74) is 5.00. The van der Waals surface area contributed by atoms with E-state index in [1.807, 2.05) is 28.8 Å². The van der Waals surface area contributed by atoms with E-state index in [0.717, 1.165) is 41.2 Å². The number of carbonyl (C=O) groups excluding carboxylic acids is 1. The standard InChI is InChI=1S/C22H20N8O2/c31-21-17-2-1-14(9-15(17)10-25-21)18-13-24-19(20-23-3-4-30(18)20)28-16-11-26-22(27-12-16)29-5-7-32-8-6-29/h1-4,9,11-13H,5-8,10H2,(H,24,28)(H,25,31). The fourth-order valence-corrected chi connectivity index (χ4v) is 4.06. The Hall–Kier alpha value is -4.05. The molecule has 0 aliphatic carbocycles. The summed E-state index contributed by atoms with van der Waals surface area (Å²) < 4.78 is 7.36. The van der Waals surface area contributed by atoms with Crippen LogP contribution in [0.3, 0.4) is 0 Å². The van der Waals surface area contributed by atoms with Crippen molar-refractivity contribution in [2.24, 2.45) is 0 Å². The zero-order valence-corrected chi connectivity index (χ0v) is 17.2. The first-order valence-corrected chi connectivity index (χ1v) is 10.4. The van der Waals surface area contributed by atoms with Crippen molar-refractivity contribution in [2.45, 2.75) is 6.54 Å². The van der Waals surface area contributed by atoms with Crippen molar-refractivity contribution in [3.8, 4) is 11.3 Å². The largest absolute Gasteiger partial charge is 0.378 e. The van der Waals surface area contributed by atoms with E-state index in [9.17, 15) is 4.79 Å². The Labute approximate surface area is 183 Å². The van der Waals surface area contributed by atoms with E-state index < -0.39 is 0 Å². The fraction of sp³-hybridized carbons (Fsp3) is 0.227. The molecule has 3 aromatic heterocycles. The van der Waals surface area contributed by atoms with Gasteiger partial charge in [0.05, 0.1) is 43.2 Å². The van der Waals surface area contributed by atoms with Crippen LogP contribution in [0, 0.1) is 0 Å². The summed E-state index contributed by atoms with van der Waals surface area (Å²) in [4.78, 5) is 32.0. The van der Waals surface area contributed by atoms with E-state index in [1.54, 1.807) is 24.8 Å². The highest BCUT2D eigenvalue weighted by molar-refractivity contribution is 5.98. The van der Waals surface area contributed by atoms with Crippen LogP contribution in [0.1, 0.15) is 15.9 Å². The van der Waals surface area contributed by atoms with Crippen molar-refractivity contribution in [2.75, 3.05) is 36.5 Å². The monoisotopic (exact) mass is 428 g/mol. The number of carbonyl (C=O) groups is 1. The van der Waals surface area contributed by atoms with Crippen molar-refractivity contribution < 1.29 is 9.53 Å².